The number of nitriles is 1. The lowest BCUT2D eigenvalue weighted by Gasteiger charge is -2.30. The van der Waals surface area contributed by atoms with Crippen LogP contribution in [0.15, 0.2) is 51.5 Å². The summed E-state index contributed by atoms with van der Waals surface area (Å²) in [6.07, 6.45) is 2.84. The molecule has 1 saturated heterocycles. The number of carbonyl (C=O) groups excluding carboxylic acids is 1. The highest BCUT2D eigenvalue weighted by Gasteiger charge is 2.29. The Kier molecular flexibility index (Phi) is 6.60. The Bertz CT molecular complexity index is 1080. The molecule has 32 heavy (non-hydrogen) atoms. The van der Waals surface area contributed by atoms with E-state index in [9.17, 15) is 10.1 Å². The molecule has 1 N–H and O–H groups in total. The summed E-state index contributed by atoms with van der Waals surface area (Å²) in [7, 11) is 1.60. The first-order valence-corrected chi connectivity index (χ1v) is 10.4. The Balaban J connectivity index is 1.25. The number of hydrogen-bond acceptors (Lipinski definition) is 8. The standard InChI is InChI=1S/C23H24N4O5/c1-29-17-4-2-5-18(14-17)30-13-9-25-21(28)16-7-10-27(11-8-16)23-19(15-24)26-22(32-23)20-6-3-12-31-20/h2-6,12,14,16H,7-11,13H2,1H3,(H,25,28). The number of ether oxygens (including phenoxy) is 2. The molecular formula is C23H24N4O5. The van der Waals surface area contributed by atoms with Crippen molar-refractivity contribution < 1.29 is 23.1 Å². The van der Waals surface area contributed by atoms with Crippen molar-refractivity contribution in [2.45, 2.75) is 12.8 Å². The Morgan fingerprint density at radius 2 is 2.09 bits per heavy atom. The molecule has 0 radical (unpaired) electrons. The molecule has 9 heteroatoms. The smallest absolute Gasteiger partial charge is 0.266 e. The highest BCUT2D eigenvalue weighted by atomic mass is 16.5. The van der Waals surface area contributed by atoms with Gasteiger partial charge in [0.05, 0.1) is 19.9 Å². The molecule has 4 rings (SSSR count). The number of nitrogens with one attached hydrogen (secondary N) is 1. The van der Waals surface area contributed by atoms with Gasteiger partial charge in [-0.2, -0.15) is 10.2 Å². The van der Waals surface area contributed by atoms with Crippen molar-refractivity contribution in [3.8, 4) is 29.2 Å². The summed E-state index contributed by atoms with van der Waals surface area (Å²) < 4.78 is 21.9. The fourth-order valence-electron chi connectivity index (χ4n) is 3.63. The first-order chi connectivity index (χ1) is 15.7. The summed E-state index contributed by atoms with van der Waals surface area (Å²) in [5, 5.41) is 12.4. The lowest BCUT2D eigenvalue weighted by atomic mass is 9.96. The minimum Gasteiger partial charge on any atom is -0.497 e. The predicted octanol–water partition coefficient (Wildman–Crippen LogP) is 3.23. The minimum atomic E-state index is -0.0962. The minimum absolute atomic E-state index is 0.00763. The second kappa shape index (κ2) is 9.92. The molecule has 1 amide bonds. The first-order valence-electron chi connectivity index (χ1n) is 10.4. The third kappa shape index (κ3) is 4.86. The van der Waals surface area contributed by atoms with Crippen LogP contribution in [0.4, 0.5) is 5.88 Å². The van der Waals surface area contributed by atoms with Gasteiger partial charge in [-0.25, -0.2) is 0 Å². The van der Waals surface area contributed by atoms with Gasteiger partial charge in [0.1, 0.15) is 24.2 Å². The summed E-state index contributed by atoms with van der Waals surface area (Å²) in [6.45, 7) is 1.99. The summed E-state index contributed by atoms with van der Waals surface area (Å²) in [6, 6.07) is 12.9. The van der Waals surface area contributed by atoms with Crippen LogP contribution in [0, 0.1) is 17.2 Å². The molecule has 2 aromatic heterocycles. The molecule has 3 aromatic rings. The molecule has 1 aliphatic rings. The quantitative estimate of drug-likeness (QED) is 0.536. The van der Waals surface area contributed by atoms with Gasteiger partial charge in [-0.15, -0.1) is 0 Å². The van der Waals surface area contributed by atoms with E-state index in [1.54, 1.807) is 25.3 Å². The van der Waals surface area contributed by atoms with Gasteiger partial charge in [0, 0.05) is 25.1 Å². The zero-order chi connectivity index (χ0) is 22.3. The number of aromatic nitrogens is 1. The number of benzene rings is 1. The monoisotopic (exact) mass is 436 g/mol. The number of methoxy groups -OCH3 is 1. The maximum atomic E-state index is 12.5. The highest BCUT2D eigenvalue weighted by Crippen LogP contribution is 2.31. The summed E-state index contributed by atoms with van der Waals surface area (Å²) in [5.74, 6) is 2.50. The number of oxazole rings is 1. The molecule has 9 nitrogen and oxygen atoms in total. The normalized spacial score (nSPS) is 14.1. The largest absolute Gasteiger partial charge is 0.497 e. The Morgan fingerprint density at radius 3 is 2.81 bits per heavy atom. The fourth-order valence-corrected chi connectivity index (χ4v) is 3.63. The maximum absolute atomic E-state index is 12.5. The van der Waals surface area contributed by atoms with Crippen LogP contribution in [0.1, 0.15) is 18.5 Å². The maximum Gasteiger partial charge on any atom is 0.266 e. The van der Waals surface area contributed by atoms with Gasteiger partial charge in [-0.1, -0.05) is 6.07 Å². The molecule has 0 atom stereocenters. The van der Waals surface area contributed by atoms with Gasteiger partial charge in [-0.3, -0.25) is 4.79 Å². The number of piperidine rings is 1. The molecule has 0 bridgehead atoms. The number of rotatable bonds is 8. The zero-order valence-electron chi connectivity index (χ0n) is 17.7. The van der Waals surface area contributed by atoms with E-state index in [-0.39, 0.29) is 23.4 Å². The molecule has 3 heterocycles. The Labute approximate surface area is 185 Å². The van der Waals surface area contributed by atoms with E-state index in [1.807, 2.05) is 23.1 Å². The number of carbonyl (C=O) groups is 1. The second-order valence-electron chi connectivity index (χ2n) is 7.34. The number of nitrogens with zero attached hydrogens (tertiary/aromatic N) is 3. The molecule has 0 saturated carbocycles. The molecule has 1 fully saturated rings. The molecular weight excluding hydrogens is 412 g/mol. The lowest BCUT2D eigenvalue weighted by molar-refractivity contribution is -0.125. The van der Waals surface area contributed by atoms with Crippen LogP contribution in [0.3, 0.4) is 0 Å². The van der Waals surface area contributed by atoms with E-state index in [2.05, 4.69) is 16.4 Å². The van der Waals surface area contributed by atoms with Crippen LogP contribution in [0.2, 0.25) is 0 Å². The summed E-state index contributed by atoms with van der Waals surface area (Å²) in [4.78, 5) is 18.7. The second-order valence-corrected chi connectivity index (χ2v) is 7.34. The van der Waals surface area contributed by atoms with Crippen LogP contribution in [0.5, 0.6) is 11.5 Å². The topological polar surface area (TPSA) is 114 Å². The molecule has 1 aromatic carbocycles. The predicted molar refractivity (Wildman–Crippen MR) is 115 cm³/mol. The van der Waals surface area contributed by atoms with Crippen molar-refractivity contribution in [3.63, 3.8) is 0 Å². The molecule has 1 aliphatic heterocycles. The van der Waals surface area contributed by atoms with Gasteiger partial charge in [0.2, 0.25) is 17.5 Å². The third-order valence-electron chi connectivity index (χ3n) is 5.31. The van der Waals surface area contributed by atoms with Gasteiger partial charge >= 0.3 is 0 Å². The van der Waals surface area contributed by atoms with Crippen molar-refractivity contribution in [3.05, 3.63) is 48.4 Å². The SMILES string of the molecule is COc1cccc(OCCNC(=O)C2CCN(c3oc(-c4ccco4)nc3C#N)CC2)c1. The van der Waals surface area contributed by atoms with Crippen molar-refractivity contribution in [1.29, 1.82) is 5.26 Å². The van der Waals surface area contributed by atoms with E-state index < -0.39 is 0 Å². The van der Waals surface area contributed by atoms with Crippen LogP contribution in [-0.2, 0) is 4.79 Å². The van der Waals surface area contributed by atoms with E-state index in [4.69, 9.17) is 18.3 Å². The number of anilines is 1. The van der Waals surface area contributed by atoms with E-state index >= 15 is 0 Å². The molecule has 166 valence electrons. The van der Waals surface area contributed by atoms with Crippen molar-refractivity contribution in [2.75, 3.05) is 38.3 Å². The zero-order valence-corrected chi connectivity index (χ0v) is 17.7. The van der Waals surface area contributed by atoms with E-state index in [0.29, 0.717) is 56.5 Å². The van der Waals surface area contributed by atoms with Crippen LogP contribution in [-0.4, -0.2) is 44.2 Å². The molecule has 0 spiro atoms. The highest BCUT2D eigenvalue weighted by molar-refractivity contribution is 5.79. The van der Waals surface area contributed by atoms with Crippen molar-refractivity contribution >= 4 is 11.8 Å². The third-order valence-corrected chi connectivity index (χ3v) is 5.31. The van der Waals surface area contributed by atoms with Crippen molar-refractivity contribution in [1.82, 2.24) is 10.3 Å². The average molecular weight is 436 g/mol. The van der Waals surface area contributed by atoms with Gasteiger partial charge < -0.3 is 28.5 Å². The van der Waals surface area contributed by atoms with E-state index in [1.165, 1.54) is 6.26 Å². The summed E-state index contributed by atoms with van der Waals surface area (Å²) in [5.41, 5.74) is 0.217. The van der Waals surface area contributed by atoms with E-state index in [0.717, 1.165) is 5.75 Å². The first kappa shape index (κ1) is 21.3. The van der Waals surface area contributed by atoms with Gasteiger partial charge in [-0.05, 0) is 37.1 Å². The van der Waals surface area contributed by atoms with Crippen LogP contribution < -0.4 is 19.7 Å². The van der Waals surface area contributed by atoms with Crippen LogP contribution >= 0.6 is 0 Å². The fraction of sp³-hybridized carbons (Fsp3) is 0.348. The van der Waals surface area contributed by atoms with Crippen molar-refractivity contribution in [2.24, 2.45) is 5.92 Å². The Morgan fingerprint density at radius 1 is 1.28 bits per heavy atom. The van der Waals surface area contributed by atoms with Gasteiger partial charge in [0.25, 0.3) is 5.89 Å². The number of amides is 1. The lowest BCUT2D eigenvalue weighted by Crippen LogP contribution is -2.41. The number of hydrogen-bond donors (Lipinski definition) is 1. The molecule has 0 aliphatic carbocycles. The Hall–Kier alpha value is -3.93. The van der Waals surface area contributed by atoms with Gasteiger partial charge in [0.15, 0.2) is 5.76 Å². The molecule has 0 unspecified atom stereocenters. The van der Waals surface area contributed by atoms with Crippen LogP contribution in [0.25, 0.3) is 11.7 Å². The summed E-state index contributed by atoms with van der Waals surface area (Å²) >= 11 is 0. The number of furan rings is 1. The average Bonchev–Trinajstić information content (AvgIpc) is 3.52.